The molecule has 0 amide bonds. The predicted molar refractivity (Wildman–Crippen MR) is 98.5 cm³/mol. The third kappa shape index (κ3) is 3.29. The molecule has 2 aromatic carbocycles. The summed E-state index contributed by atoms with van der Waals surface area (Å²) in [4.78, 5) is 4.86. The van der Waals surface area contributed by atoms with E-state index in [9.17, 15) is 0 Å². The van der Waals surface area contributed by atoms with Gasteiger partial charge in [0, 0.05) is 19.0 Å². The molecule has 0 aliphatic heterocycles. The molecule has 3 rings (SSSR count). The molecule has 4 nitrogen and oxygen atoms in total. The van der Waals surface area contributed by atoms with Crippen LogP contribution in [0.1, 0.15) is 31.2 Å². The largest absolute Gasteiger partial charge is 0.494 e. The van der Waals surface area contributed by atoms with Crippen LogP contribution in [0.5, 0.6) is 5.75 Å². The maximum Gasteiger partial charge on any atom is 0.119 e. The van der Waals surface area contributed by atoms with Crippen LogP contribution in [0.3, 0.4) is 0 Å². The van der Waals surface area contributed by atoms with Crippen LogP contribution in [-0.2, 0) is 13.0 Å². The minimum atomic E-state index is 0.189. The van der Waals surface area contributed by atoms with Crippen LogP contribution in [0.25, 0.3) is 11.0 Å². The van der Waals surface area contributed by atoms with Gasteiger partial charge in [-0.1, -0.05) is 24.3 Å². The number of benzene rings is 2. The topological polar surface area (TPSA) is 53.1 Å². The normalized spacial score (nSPS) is 12.5. The maximum absolute atomic E-state index is 6.11. The molecule has 126 valence electrons. The third-order valence-electron chi connectivity index (χ3n) is 4.34. The number of imidazole rings is 1. The van der Waals surface area contributed by atoms with Gasteiger partial charge in [-0.3, -0.25) is 0 Å². The van der Waals surface area contributed by atoms with E-state index >= 15 is 0 Å². The highest BCUT2D eigenvalue weighted by atomic mass is 16.5. The van der Waals surface area contributed by atoms with Gasteiger partial charge < -0.3 is 15.0 Å². The molecular weight excluding hydrogens is 298 g/mol. The van der Waals surface area contributed by atoms with Crippen molar-refractivity contribution in [1.29, 1.82) is 0 Å². The van der Waals surface area contributed by atoms with Gasteiger partial charge in [0.05, 0.1) is 17.6 Å². The van der Waals surface area contributed by atoms with Crippen molar-refractivity contribution < 1.29 is 4.74 Å². The summed E-state index contributed by atoms with van der Waals surface area (Å²) in [5.74, 6) is 2.17. The second kappa shape index (κ2) is 7.49. The van der Waals surface area contributed by atoms with E-state index in [1.807, 2.05) is 25.1 Å². The number of para-hydroxylation sites is 2. The third-order valence-corrected chi connectivity index (χ3v) is 4.34. The summed E-state index contributed by atoms with van der Waals surface area (Å²) in [7, 11) is 0. The number of aromatic nitrogens is 2. The zero-order valence-corrected chi connectivity index (χ0v) is 14.4. The average molecular weight is 323 g/mol. The van der Waals surface area contributed by atoms with Crippen LogP contribution in [0, 0.1) is 0 Å². The standard InChI is InChI=1S/C20H25N3O/c1-3-23-19-11-6-5-10-18(19)22-20(23)16(14-21)12-15-8-7-9-17(13-15)24-4-2/h5-11,13,16H,3-4,12,14,21H2,1-2H3. The number of ether oxygens (including phenoxy) is 1. The zero-order chi connectivity index (χ0) is 16.9. The number of rotatable bonds is 7. The first-order valence-corrected chi connectivity index (χ1v) is 8.63. The molecule has 1 aromatic heterocycles. The van der Waals surface area contributed by atoms with Crippen LogP contribution >= 0.6 is 0 Å². The van der Waals surface area contributed by atoms with Gasteiger partial charge in [0.2, 0.25) is 0 Å². The number of nitrogens with two attached hydrogens (primary N) is 1. The minimum Gasteiger partial charge on any atom is -0.494 e. The lowest BCUT2D eigenvalue weighted by Crippen LogP contribution is -2.19. The van der Waals surface area contributed by atoms with Gasteiger partial charge in [-0.15, -0.1) is 0 Å². The van der Waals surface area contributed by atoms with Crippen molar-refractivity contribution in [1.82, 2.24) is 9.55 Å². The van der Waals surface area contributed by atoms with Gasteiger partial charge in [-0.2, -0.15) is 0 Å². The van der Waals surface area contributed by atoms with E-state index in [0.29, 0.717) is 13.2 Å². The van der Waals surface area contributed by atoms with Gasteiger partial charge in [0.15, 0.2) is 0 Å². The first-order valence-electron chi connectivity index (χ1n) is 8.63. The second-order valence-corrected chi connectivity index (χ2v) is 5.92. The molecule has 0 radical (unpaired) electrons. The summed E-state index contributed by atoms with van der Waals surface area (Å²) in [6, 6.07) is 16.5. The molecule has 1 heterocycles. The van der Waals surface area contributed by atoms with Gasteiger partial charge in [-0.05, 0) is 50.1 Å². The van der Waals surface area contributed by atoms with E-state index in [4.69, 9.17) is 15.5 Å². The molecule has 24 heavy (non-hydrogen) atoms. The lowest BCUT2D eigenvalue weighted by molar-refractivity contribution is 0.340. The van der Waals surface area contributed by atoms with Crippen LogP contribution in [0.2, 0.25) is 0 Å². The maximum atomic E-state index is 6.11. The molecule has 0 aliphatic rings. The number of aryl methyl sites for hydroxylation is 1. The highest BCUT2D eigenvalue weighted by Gasteiger charge is 2.19. The van der Waals surface area contributed by atoms with Crippen molar-refractivity contribution in [2.45, 2.75) is 32.7 Å². The molecular formula is C20H25N3O. The summed E-state index contributed by atoms with van der Waals surface area (Å²) in [5.41, 5.74) is 9.55. The Morgan fingerprint density at radius 1 is 1.12 bits per heavy atom. The predicted octanol–water partition coefficient (Wildman–Crippen LogP) is 3.74. The number of hydrogen-bond donors (Lipinski definition) is 1. The van der Waals surface area contributed by atoms with Crippen LogP contribution in [-0.4, -0.2) is 22.7 Å². The summed E-state index contributed by atoms with van der Waals surface area (Å²) < 4.78 is 7.89. The Labute approximate surface area is 143 Å². The molecule has 4 heteroatoms. The summed E-state index contributed by atoms with van der Waals surface area (Å²) >= 11 is 0. The Bertz CT molecular complexity index is 810. The SMILES string of the molecule is CCOc1cccc(CC(CN)c2nc3ccccc3n2CC)c1. The Kier molecular flexibility index (Phi) is 5.16. The zero-order valence-electron chi connectivity index (χ0n) is 14.4. The number of nitrogens with zero attached hydrogens (tertiary/aromatic N) is 2. The average Bonchev–Trinajstić information content (AvgIpc) is 2.98. The van der Waals surface area contributed by atoms with Crippen molar-refractivity contribution >= 4 is 11.0 Å². The first-order chi connectivity index (χ1) is 11.8. The van der Waals surface area contributed by atoms with Gasteiger partial charge in [0.25, 0.3) is 0 Å². The molecule has 2 N–H and O–H groups in total. The van der Waals surface area contributed by atoms with Crippen LogP contribution in [0.15, 0.2) is 48.5 Å². The second-order valence-electron chi connectivity index (χ2n) is 5.92. The van der Waals surface area contributed by atoms with E-state index in [0.717, 1.165) is 30.1 Å². The van der Waals surface area contributed by atoms with Crippen molar-refractivity contribution in [3.05, 3.63) is 59.9 Å². The van der Waals surface area contributed by atoms with Gasteiger partial charge >= 0.3 is 0 Å². The highest BCUT2D eigenvalue weighted by molar-refractivity contribution is 5.76. The molecule has 0 saturated carbocycles. The molecule has 0 fully saturated rings. The molecule has 0 bridgehead atoms. The quantitative estimate of drug-likeness (QED) is 0.720. The lowest BCUT2D eigenvalue weighted by atomic mass is 9.98. The van der Waals surface area contributed by atoms with E-state index in [-0.39, 0.29) is 5.92 Å². The van der Waals surface area contributed by atoms with Gasteiger partial charge in [-0.25, -0.2) is 4.98 Å². The molecule has 0 spiro atoms. The molecule has 0 saturated heterocycles. The van der Waals surface area contributed by atoms with Crippen molar-refractivity contribution in [2.24, 2.45) is 5.73 Å². The summed E-state index contributed by atoms with van der Waals surface area (Å²) in [5, 5.41) is 0. The van der Waals surface area contributed by atoms with Crippen LogP contribution < -0.4 is 10.5 Å². The van der Waals surface area contributed by atoms with Gasteiger partial charge in [0.1, 0.15) is 11.6 Å². The molecule has 1 unspecified atom stereocenters. The fourth-order valence-electron chi connectivity index (χ4n) is 3.23. The lowest BCUT2D eigenvalue weighted by Gasteiger charge is -2.17. The fraction of sp³-hybridized carbons (Fsp3) is 0.350. The van der Waals surface area contributed by atoms with E-state index < -0.39 is 0 Å². The van der Waals surface area contributed by atoms with E-state index in [1.165, 1.54) is 11.1 Å². The van der Waals surface area contributed by atoms with E-state index in [1.54, 1.807) is 0 Å². The molecule has 1 atom stereocenters. The minimum absolute atomic E-state index is 0.189. The smallest absolute Gasteiger partial charge is 0.119 e. The van der Waals surface area contributed by atoms with Crippen molar-refractivity contribution in [3.8, 4) is 5.75 Å². The fourth-order valence-corrected chi connectivity index (χ4v) is 3.23. The Hall–Kier alpha value is -2.33. The van der Waals surface area contributed by atoms with Crippen molar-refractivity contribution in [3.63, 3.8) is 0 Å². The number of hydrogen-bond acceptors (Lipinski definition) is 3. The molecule has 0 aliphatic carbocycles. The van der Waals surface area contributed by atoms with Crippen LogP contribution in [0.4, 0.5) is 0 Å². The Morgan fingerprint density at radius 3 is 2.71 bits per heavy atom. The van der Waals surface area contributed by atoms with Crippen molar-refractivity contribution in [2.75, 3.05) is 13.2 Å². The first kappa shape index (κ1) is 16.5. The monoisotopic (exact) mass is 323 g/mol. The highest BCUT2D eigenvalue weighted by Crippen LogP contribution is 2.25. The summed E-state index contributed by atoms with van der Waals surface area (Å²) in [6.07, 6.45) is 0.862. The Balaban J connectivity index is 1.93. The summed E-state index contributed by atoms with van der Waals surface area (Å²) in [6.45, 7) is 6.29. The molecule has 3 aromatic rings. The van der Waals surface area contributed by atoms with E-state index in [2.05, 4.69) is 41.8 Å². The Morgan fingerprint density at radius 2 is 1.96 bits per heavy atom. The number of fused-ring (bicyclic) bond motifs is 1.